The van der Waals surface area contributed by atoms with E-state index in [1.807, 2.05) is 12.1 Å². The number of nitrogens with zero attached hydrogens (tertiary/aromatic N) is 3. The van der Waals surface area contributed by atoms with E-state index in [4.69, 9.17) is 21.3 Å². The molecule has 1 N–H and O–H groups in total. The molecule has 2 fully saturated rings. The third kappa shape index (κ3) is 4.48. The molecule has 2 aromatic rings. The number of morpholine rings is 1. The van der Waals surface area contributed by atoms with Crippen molar-refractivity contribution in [3.8, 4) is 0 Å². The molecule has 6 heteroatoms. The van der Waals surface area contributed by atoms with Crippen molar-refractivity contribution in [2.24, 2.45) is 0 Å². The quantitative estimate of drug-likeness (QED) is 0.801. The molecule has 0 amide bonds. The van der Waals surface area contributed by atoms with Crippen LogP contribution in [0.2, 0.25) is 5.15 Å². The second-order valence-corrected chi connectivity index (χ2v) is 7.12. The summed E-state index contributed by atoms with van der Waals surface area (Å²) in [6.07, 6.45) is 2.32. The third-order valence-corrected chi connectivity index (χ3v) is 4.92. The van der Waals surface area contributed by atoms with Gasteiger partial charge in [-0.1, -0.05) is 41.9 Å². The first-order valence-corrected chi connectivity index (χ1v) is 9.32. The van der Waals surface area contributed by atoms with E-state index in [2.05, 4.69) is 39.5 Å². The van der Waals surface area contributed by atoms with Gasteiger partial charge in [0, 0.05) is 31.6 Å². The van der Waals surface area contributed by atoms with Crippen molar-refractivity contribution in [1.29, 1.82) is 0 Å². The molecule has 1 saturated carbocycles. The van der Waals surface area contributed by atoms with Gasteiger partial charge in [0.1, 0.15) is 16.8 Å². The van der Waals surface area contributed by atoms with Crippen molar-refractivity contribution < 1.29 is 4.74 Å². The van der Waals surface area contributed by atoms with Gasteiger partial charge in [0.15, 0.2) is 0 Å². The van der Waals surface area contributed by atoms with E-state index < -0.39 is 0 Å². The minimum absolute atomic E-state index is 0.150. The summed E-state index contributed by atoms with van der Waals surface area (Å²) < 4.78 is 5.47. The fraction of sp³-hybridized carbons (Fsp3) is 0.474. The number of anilines is 1. The average Bonchev–Trinajstić information content (AvgIpc) is 3.48. The summed E-state index contributed by atoms with van der Waals surface area (Å²) in [5.41, 5.74) is 1.25. The van der Waals surface area contributed by atoms with Gasteiger partial charge in [-0.05, 0) is 18.4 Å². The molecule has 1 aliphatic carbocycles. The molecule has 1 unspecified atom stereocenters. The van der Waals surface area contributed by atoms with Crippen molar-refractivity contribution in [2.45, 2.75) is 24.8 Å². The molecule has 2 heterocycles. The van der Waals surface area contributed by atoms with Gasteiger partial charge in [0.05, 0.1) is 19.3 Å². The molecule has 5 nitrogen and oxygen atoms in total. The Morgan fingerprint density at radius 3 is 2.64 bits per heavy atom. The zero-order chi connectivity index (χ0) is 17.1. The summed E-state index contributed by atoms with van der Waals surface area (Å²) >= 11 is 6.23. The molecule has 4 rings (SSSR count). The number of hydrogen-bond acceptors (Lipinski definition) is 5. The highest BCUT2D eigenvalue weighted by Crippen LogP contribution is 2.39. The van der Waals surface area contributed by atoms with Crippen molar-refractivity contribution in [1.82, 2.24) is 14.9 Å². The molecular formula is C19H23ClN4O. The molecule has 1 aromatic heterocycles. The number of halogens is 1. The highest BCUT2D eigenvalue weighted by Gasteiger charge is 2.27. The molecule has 0 radical (unpaired) electrons. The monoisotopic (exact) mass is 358 g/mol. The number of hydrogen-bond donors (Lipinski definition) is 1. The Balaban J connectivity index is 1.55. The fourth-order valence-electron chi connectivity index (χ4n) is 3.17. The van der Waals surface area contributed by atoms with Crippen LogP contribution in [0.5, 0.6) is 0 Å². The van der Waals surface area contributed by atoms with Gasteiger partial charge in [-0.25, -0.2) is 9.97 Å². The van der Waals surface area contributed by atoms with Crippen molar-refractivity contribution >= 4 is 17.4 Å². The van der Waals surface area contributed by atoms with Crippen molar-refractivity contribution in [3.05, 3.63) is 52.9 Å². The lowest BCUT2D eigenvalue weighted by atomic mass is 10.1. The van der Waals surface area contributed by atoms with Gasteiger partial charge in [-0.2, -0.15) is 0 Å². The number of benzene rings is 1. The van der Waals surface area contributed by atoms with Crippen molar-refractivity contribution in [2.75, 3.05) is 38.2 Å². The van der Waals surface area contributed by atoms with E-state index in [9.17, 15) is 0 Å². The molecule has 1 atom stereocenters. The Morgan fingerprint density at radius 1 is 1.16 bits per heavy atom. The Bertz CT molecular complexity index is 702. The van der Waals surface area contributed by atoms with Crippen LogP contribution < -0.4 is 5.32 Å². The zero-order valence-corrected chi connectivity index (χ0v) is 15.0. The van der Waals surface area contributed by atoms with Crippen LogP contribution >= 0.6 is 11.6 Å². The summed E-state index contributed by atoms with van der Waals surface area (Å²) in [6, 6.07) is 12.5. The highest BCUT2D eigenvalue weighted by molar-refractivity contribution is 6.29. The lowest BCUT2D eigenvalue weighted by Gasteiger charge is -2.31. The average molecular weight is 359 g/mol. The molecule has 0 spiro atoms. The van der Waals surface area contributed by atoms with Crippen molar-refractivity contribution in [3.63, 3.8) is 0 Å². The standard InChI is InChI=1S/C19H23ClN4O/c20-17-12-18(23-19(22-17)15-6-7-15)21-16(14-4-2-1-3-5-14)13-24-8-10-25-11-9-24/h1-5,12,15-16H,6-11,13H2,(H,21,22,23). The summed E-state index contributed by atoms with van der Waals surface area (Å²) in [5, 5.41) is 4.10. The first kappa shape index (κ1) is 16.8. The van der Waals surface area contributed by atoms with E-state index in [1.54, 1.807) is 0 Å². The Hall–Kier alpha value is -1.69. The van der Waals surface area contributed by atoms with Gasteiger partial charge in [0.25, 0.3) is 0 Å². The fourth-order valence-corrected chi connectivity index (χ4v) is 3.36. The zero-order valence-electron chi connectivity index (χ0n) is 14.2. The summed E-state index contributed by atoms with van der Waals surface area (Å²) in [7, 11) is 0. The summed E-state index contributed by atoms with van der Waals surface area (Å²) in [4.78, 5) is 11.5. The Kier molecular flexibility index (Phi) is 5.15. The Morgan fingerprint density at radius 2 is 1.92 bits per heavy atom. The van der Waals surface area contributed by atoms with E-state index in [0.717, 1.165) is 57.3 Å². The molecule has 2 aliphatic rings. The smallest absolute Gasteiger partial charge is 0.135 e. The van der Waals surface area contributed by atoms with Crippen LogP contribution in [0.1, 0.15) is 36.2 Å². The van der Waals surface area contributed by atoms with Crippen LogP contribution in [-0.2, 0) is 4.74 Å². The minimum Gasteiger partial charge on any atom is -0.379 e. The molecule has 25 heavy (non-hydrogen) atoms. The molecular weight excluding hydrogens is 336 g/mol. The second kappa shape index (κ2) is 7.68. The highest BCUT2D eigenvalue weighted by atomic mass is 35.5. The number of aromatic nitrogens is 2. The van der Waals surface area contributed by atoms with E-state index in [-0.39, 0.29) is 6.04 Å². The molecule has 1 aromatic carbocycles. The van der Waals surface area contributed by atoms with Gasteiger partial charge in [-0.3, -0.25) is 4.90 Å². The number of ether oxygens (including phenoxy) is 1. The summed E-state index contributed by atoms with van der Waals surface area (Å²) in [6.45, 7) is 4.43. The molecule has 132 valence electrons. The molecule has 0 bridgehead atoms. The summed E-state index contributed by atoms with van der Waals surface area (Å²) in [5.74, 6) is 2.16. The van der Waals surface area contributed by atoms with Crippen LogP contribution in [0.3, 0.4) is 0 Å². The lowest BCUT2D eigenvalue weighted by molar-refractivity contribution is 0.0360. The maximum absolute atomic E-state index is 6.23. The predicted octanol–water partition coefficient (Wildman–Crippen LogP) is 3.49. The maximum Gasteiger partial charge on any atom is 0.135 e. The van der Waals surface area contributed by atoms with E-state index >= 15 is 0 Å². The number of nitrogens with one attached hydrogen (secondary N) is 1. The first-order chi connectivity index (χ1) is 12.3. The largest absolute Gasteiger partial charge is 0.379 e. The van der Waals surface area contributed by atoms with Gasteiger partial charge >= 0.3 is 0 Å². The minimum atomic E-state index is 0.150. The topological polar surface area (TPSA) is 50.3 Å². The van der Waals surface area contributed by atoms with E-state index in [0.29, 0.717) is 11.1 Å². The van der Waals surface area contributed by atoms with Crippen LogP contribution in [-0.4, -0.2) is 47.7 Å². The van der Waals surface area contributed by atoms with Crippen LogP contribution in [0, 0.1) is 0 Å². The normalized spacial score (nSPS) is 19.6. The molecule has 1 saturated heterocycles. The van der Waals surface area contributed by atoms with E-state index in [1.165, 1.54) is 5.56 Å². The van der Waals surface area contributed by atoms with Crippen LogP contribution in [0.15, 0.2) is 36.4 Å². The predicted molar refractivity (Wildman–Crippen MR) is 99.1 cm³/mol. The molecule has 1 aliphatic heterocycles. The maximum atomic E-state index is 6.23. The Labute approximate surface area is 153 Å². The second-order valence-electron chi connectivity index (χ2n) is 6.73. The lowest BCUT2D eigenvalue weighted by Crippen LogP contribution is -2.40. The van der Waals surface area contributed by atoms with Gasteiger partial charge in [0.2, 0.25) is 0 Å². The van der Waals surface area contributed by atoms with Crippen LogP contribution in [0.25, 0.3) is 0 Å². The van der Waals surface area contributed by atoms with Crippen LogP contribution in [0.4, 0.5) is 5.82 Å². The third-order valence-electron chi connectivity index (χ3n) is 4.72. The van der Waals surface area contributed by atoms with Gasteiger partial charge in [-0.15, -0.1) is 0 Å². The number of rotatable bonds is 6. The SMILES string of the molecule is Clc1cc(NC(CN2CCOCC2)c2ccccc2)nc(C2CC2)n1. The first-order valence-electron chi connectivity index (χ1n) is 8.94. The van der Waals surface area contributed by atoms with Gasteiger partial charge < -0.3 is 10.1 Å².